The molecule has 0 unspecified atom stereocenters. The van der Waals surface area contributed by atoms with Gasteiger partial charge in [0.15, 0.2) is 0 Å². The van der Waals surface area contributed by atoms with Crippen LogP contribution < -0.4 is 5.32 Å². The summed E-state index contributed by atoms with van der Waals surface area (Å²) >= 11 is 0. The lowest BCUT2D eigenvalue weighted by Gasteiger charge is -2.07. The average molecular weight is 149 g/mol. The molecule has 1 N–H and O–H groups in total. The number of benzene rings is 1. The second-order valence-corrected chi connectivity index (χ2v) is 2.99. The van der Waals surface area contributed by atoms with Crippen LogP contribution in [0.25, 0.3) is 0 Å². The Hall–Kier alpha value is -0.980. The number of nitrogens with one attached hydrogen (secondary N) is 1. The highest BCUT2D eigenvalue weighted by atomic mass is 14.8. The van der Waals surface area contributed by atoms with Gasteiger partial charge < -0.3 is 5.32 Å². The summed E-state index contributed by atoms with van der Waals surface area (Å²) in [6.45, 7) is 6.44. The molecule has 0 fully saturated rings. The minimum atomic E-state index is 1.20. The van der Waals surface area contributed by atoms with Crippen LogP contribution in [-0.4, -0.2) is 7.05 Å². The molecule has 0 spiro atoms. The highest BCUT2D eigenvalue weighted by Gasteiger charge is 1.97. The van der Waals surface area contributed by atoms with Crippen molar-refractivity contribution in [1.29, 1.82) is 0 Å². The van der Waals surface area contributed by atoms with Gasteiger partial charge in [-0.1, -0.05) is 0 Å². The topological polar surface area (TPSA) is 12.0 Å². The third-order valence-electron chi connectivity index (χ3n) is 2.22. The molecule has 0 amide bonds. The van der Waals surface area contributed by atoms with Crippen LogP contribution in [0.5, 0.6) is 0 Å². The van der Waals surface area contributed by atoms with Crippen molar-refractivity contribution < 1.29 is 0 Å². The molecule has 0 aliphatic rings. The van der Waals surface area contributed by atoms with E-state index in [-0.39, 0.29) is 0 Å². The van der Waals surface area contributed by atoms with Crippen LogP contribution in [-0.2, 0) is 0 Å². The van der Waals surface area contributed by atoms with Gasteiger partial charge in [0.2, 0.25) is 0 Å². The van der Waals surface area contributed by atoms with Gasteiger partial charge in [-0.05, 0) is 49.6 Å². The summed E-state index contributed by atoms with van der Waals surface area (Å²) in [6, 6.07) is 4.34. The fraction of sp³-hybridized carbons (Fsp3) is 0.400. The van der Waals surface area contributed by atoms with E-state index in [0.29, 0.717) is 0 Å². The van der Waals surface area contributed by atoms with Gasteiger partial charge in [0.25, 0.3) is 0 Å². The summed E-state index contributed by atoms with van der Waals surface area (Å²) in [5.74, 6) is 0. The number of aryl methyl sites for hydroxylation is 2. The van der Waals surface area contributed by atoms with E-state index in [1.807, 2.05) is 7.05 Å². The highest BCUT2D eigenvalue weighted by molar-refractivity contribution is 5.51. The van der Waals surface area contributed by atoms with Crippen LogP contribution in [0, 0.1) is 20.8 Å². The predicted molar refractivity (Wildman–Crippen MR) is 50.2 cm³/mol. The van der Waals surface area contributed by atoms with Gasteiger partial charge in [0.05, 0.1) is 0 Å². The zero-order valence-electron chi connectivity index (χ0n) is 7.65. The summed E-state index contributed by atoms with van der Waals surface area (Å²) in [7, 11) is 1.95. The molecule has 0 heterocycles. The fourth-order valence-corrected chi connectivity index (χ4v) is 1.18. The van der Waals surface area contributed by atoms with E-state index >= 15 is 0 Å². The van der Waals surface area contributed by atoms with Crippen LogP contribution in [0.3, 0.4) is 0 Å². The number of hydrogen-bond acceptors (Lipinski definition) is 1. The van der Waals surface area contributed by atoms with Gasteiger partial charge in [-0.3, -0.25) is 0 Å². The SMILES string of the molecule is CNc1cc(C)c(C)c(C)c1. The summed E-state index contributed by atoms with van der Waals surface area (Å²) < 4.78 is 0. The molecule has 0 aromatic heterocycles. The molecule has 1 heteroatoms. The molecule has 0 bridgehead atoms. The Bertz CT molecular complexity index is 241. The Labute approximate surface area is 68.4 Å². The average Bonchev–Trinajstić information content (AvgIpc) is 1.99. The second kappa shape index (κ2) is 2.95. The monoisotopic (exact) mass is 149 g/mol. The minimum absolute atomic E-state index is 1.20. The molecule has 0 saturated carbocycles. The van der Waals surface area contributed by atoms with Crippen LogP contribution in [0.15, 0.2) is 12.1 Å². The molecule has 0 aliphatic heterocycles. The standard InChI is InChI=1S/C10H15N/c1-7-5-10(11-4)6-8(2)9(7)3/h5-6,11H,1-4H3. The maximum atomic E-state index is 3.14. The fourth-order valence-electron chi connectivity index (χ4n) is 1.18. The third-order valence-corrected chi connectivity index (χ3v) is 2.22. The van der Waals surface area contributed by atoms with Crippen LogP contribution in [0.1, 0.15) is 16.7 Å². The molecule has 1 nitrogen and oxygen atoms in total. The number of anilines is 1. The van der Waals surface area contributed by atoms with Gasteiger partial charge in [0.1, 0.15) is 0 Å². The Morgan fingerprint density at radius 1 is 1.00 bits per heavy atom. The maximum absolute atomic E-state index is 3.14. The van der Waals surface area contributed by atoms with Crippen molar-refractivity contribution in [1.82, 2.24) is 0 Å². The highest BCUT2D eigenvalue weighted by Crippen LogP contribution is 2.18. The first kappa shape index (κ1) is 8.12. The first-order valence-corrected chi connectivity index (χ1v) is 3.90. The molecule has 0 aliphatic carbocycles. The van der Waals surface area contributed by atoms with Crippen LogP contribution in [0.2, 0.25) is 0 Å². The molecule has 1 aromatic rings. The van der Waals surface area contributed by atoms with E-state index in [9.17, 15) is 0 Å². The largest absolute Gasteiger partial charge is 0.388 e. The first-order valence-electron chi connectivity index (χ1n) is 3.90. The molecule has 0 saturated heterocycles. The minimum Gasteiger partial charge on any atom is -0.388 e. The van der Waals surface area contributed by atoms with E-state index in [4.69, 9.17) is 0 Å². The molecule has 11 heavy (non-hydrogen) atoms. The van der Waals surface area contributed by atoms with Gasteiger partial charge in [-0.25, -0.2) is 0 Å². The Balaban J connectivity index is 3.21. The predicted octanol–water partition coefficient (Wildman–Crippen LogP) is 2.65. The lowest BCUT2D eigenvalue weighted by Crippen LogP contribution is -1.92. The maximum Gasteiger partial charge on any atom is 0.0343 e. The summed E-state index contributed by atoms with van der Waals surface area (Å²) in [5.41, 5.74) is 5.30. The third kappa shape index (κ3) is 1.53. The van der Waals surface area contributed by atoms with E-state index in [0.717, 1.165) is 0 Å². The number of rotatable bonds is 1. The normalized spacial score (nSPS) is 9.82. The van der Waals surface area contributed by atoms with Crippen molar-refractivity contribution in [2.45, 2.75) is 20.8 Å². The zero-order valence-corrected chi connectivity index (χ0v) is 7.65. The van der Waals surface area contributed by atoms with Crippen molar-refractivity contribution in [3.63, 3.8) is 0 Å². The summed E-state index contributed by atoms with van der Waals surface area (Å²) in [6.07, 6.45) is 0. The lowest BCUT2D eigenvalue weighted by molar-refractivity contribution is 1.26. The first-order chi connectivity index (χ1) is 5.15. The van der Waals surface area contributed by atoms with Gasteiger partial charge >= 0.3 is 0 Å². The Morgan fingerprint density at radius 2 is 1.45 bits per heavy atom. The van der Waals surface area contributed by atoms with Crippen molar-refractivity contribution in [3.8, 4) is 0 Å². The molecule has 60 valence electrons. The Kier molecular flexibility index (Phi) is 2.18. The van der Waals surface area contributed by atoms with E-state index in [1.54, 1.807) is 0 Å². The van der Waals surface area contributed by atoms with E-state index < -0.39 is 0 Å². The van der Waals surface area contributed by atoms with Crippen molar-refractivity contribution in [3.05, 3.63) is 28.8 Å². The van der Waals surface area contributed by atoms with E-state index in [1.165, 1.54) is 22.4 Å². The lowest BCUT2D eigenvalue weighted by atomic mass is 10.0. The van der Waals surface area contributed by atoms with Crippen LogP contribution in [0.4, 0.5) is 5.69 Å². The second-order valence-electron chi connectivity index (χ2n) is 2.99. The van der Waals surface area contributed by atoms with E-state index in [2.05, 4.69) is 38.2 Å². The summed E-state index contributed by atoms with van der Waals surface area (Å²) in [4.78, 5) is 0. The molecular formula is C10H15N. The van der Waals surface area contributed by atoms with Crippen molar-refractivity contribution in [2.24, 2.45) is 0 Å². The molecule has 1 aromatic carbocycles. The Morgan fingerprint density at radius 3 is 1.82 bits per heavy atom. The van der Waals surface area contributed by atoms with Gasteiger partial charge in [-0.15, -0.1) is 0 Å². The molecule has 0 radical (unpaired) electrons. The van der Waals surface area contributed by atoms with Crippen molar-refractivity contribution in [2.75, 3.05) is 12.4 Å². The molecule has 0 atom stereocenters. The smallest absolute Gasteiger partial charge is 0.0343 e. The zero-order chi connectivity index (χ0) is 8.43. The summed E-state index contributed by atoms with van der Waals surface area (Å²) in [5, 5.41) is 3.14. The number of hydrogen-bond donors (Lipinski definition) is 1. The van der Waals surface area contributed by atoms with Crippen LogP contribution >= 0.6 is 0 Å². The van der Waals surface area contributed by atoms with Gasteiger partial charge in [-0.2, -0.15) is 0 Å². The molecule has 1 rings (SSSR count). The molecular weight excluding hydrogens is 134 g/mol. The quantitative estimate of drug-likeness (QED) is 0.647. The van der Waals surface area contributed by atoms with Crippen molar-refractivity contribution >= 4 is 5.69 Å². The van der Waals surface area contributed by atoms with Gasteiger partial charge in [0, 0.05) is 12.7 Å².